The van der Waals surface area contributed by atoms with Crippen molar-refractivity contribution in [1.29, 1.82) is 0 Å². The van der Waals surface area contributed by atoms with Gasteiger partial charge in [0, 0.05) is 16.5 Å². The molecule has 6 heteroatoms. The predicted octanol–water partition coefficient (Wildman–Crippen LogP) is 8.19. The summed E-state index contributed by atoms with van der Waals surface area (Å²) in [6, 6.07) is 24.4. The van der Waals surface area contributed by atoms with E-state index < -0.39 is 10.7 Å². The van der Waals surface area contributed by atoms with E-state index >= 15 is 0 Å². The molecule has 2 atom stereocenters. The van der Waals surface area contributed by atoms with Crippen molar-refractivity contribution in [3.8, 4) is 5.75 Å². The molecule has 1 saturated carbocycles. The molecule has 0 radical (unpaired) electrons. The first-order chi connectivity index (χ1) is 18.8. The Morgan fingerprint density at radius 3 is 2.49 bits per heavy atom. The van der Waals surface area contributed by atoms with Crippen molar-refractivity contribution in [2.45, 2.75) is 67.1 Å². The minimum Gasteiger partial charge on any atom is -0.497 e. The maximum atomic E-state index is 12.7. The van der Waals surface area contributed by atoms with E-state index in [-0.39, 0.29) is 5.41 Å². The molecule has 4 nitrogen and oxygen atoms in total. The van der Waals surface area contributed by atoms with E-state index in [1.165, 1.54) is 22.9 Å². The second-order valence-corrected chi connectivity index (χ2v) is 13.2. The Balaban J connectivity index is 1.28. The maximum absolute atomic E-state index is 12.7. The van der Waals surface area contributed by atoms with E-state index in [2.05, 4.69) is 31.2 Å². The van der Waals surface area contributed by atoms with Gasteiger partial charge >= 0.3 is 5.97 Å². The molecule has 3 aromatic rings. The van der Waals surface area contributed by atoms with Crippen LogP contribution in [0.25, 0.3) is 0 Å². The fraction of sp³-hybridized carbons (Fsp3) is 0.424. The molecule has 0 amide bonds. The van der Waals surface area contributed by atoms with Crippen LogP contribution in [0.4, 0.5) is 0 Å². The van der Waals surface area contributed by atoms with Gasteiger partial charge in [0.1, 0.15) is 10.5 Å². The lowest BCUT2D eigenvalue weighted by Gasteiger charge is -2.46. The van der Waals surface area contributed by atoms with E-state index in [1.54, 1.807) is 7.11 Å². The highest BCUT2D eigenvalue weighted by atomic mass is 35.5. The van der Waals surface area contributed by atoms with Crippen LogP contribution in [-0.2, 0) is 28.0 Å². The third-order valence-corrected chi connectivity index (χ3v) is 10.5. The van der Waals surface area contributed by atoms with E-state index in [9.17, 15) is 9.90 Å². The summed E-state index contributed by atoms with van der Waals surface area (Å²) in [5.74, 6) is 1.03. The molecule has 2 aliphatic carbocycles. The molecule has 1 N–H and O–H groups in total. The van der Waals surface area contributed by atoms with Crippen LogP contribution < -0.4 is 4.74 Å². The normalized spacial score (nSPS) is 24.8. The first kappa shape index (κ1) is 28.1. The van der Waals surface area contributed by atoms with Gasteiger partial charge in [0.05, 0.1) is 13.7 Å². The number of hydrogen-bond acceptors (Lipinski definition) is 4. The number of carboxylic acids is 1. The summed E-state index contributed by atoms with van der Waals surface area (Å²) in [6.07, 6.45) is 5.18. The smallest absolute Gasteiger partial charge is 0.320 e. The number of benzene rings is 3. The minimum absolute atomic E-state index is 0.0225. The average molecular weight is 565 g/mol. The van der Waals surface area contributed by atoms with E-state index in [0.29, 0.717) is 42.9 Å². The molecular weight excluding hydrogens is 528 g/mol. The Bertz CT molecular complexity index is 1280. The van der Waals surface area contributed by atoms with Crippen LogP contribution in [0.5, 0.6) is 5.75 Å². The summed E-state index contributed by atoms with van der Waals surface area (Å²) < 4.78 is 10.5. The third-order valence-electron chi connectivity index (χ3n) is 8.77. The van der Waals surface area contributed by atoms with Gasteiger partial charge in [-0.2, -0.15) is 0 Å². The number of carbonyl (C=O) groups is 1. The highest BCUT2D eigenvalue weighted by Crippen LogP contribution is 2.58. The lowest BCUT2D eigenvalue weighted by molar-refractivity contribution is -0.141. The van der Waals surface area contributed by atoms with Crippen molar-refractivity contribution in [3.63, 3.8) is 0 Å². The summed E-state index contributed by atoms with van der Waals surface area (Å²) >= 11 is 7.69. The molecule has 0 aromatic heterocycles. The predicted molar refractivity (Wildman–Crippen MR) is 158 cm³/mol. The van der Waals surface area contributed by atoms with Gasteiger partial charge in [-0.3, -0.25) is 4.79 Å². The highest BCUT2D eigenvalue weighted by Gasteiger charge is 2.54. The van der Waals surface area contributed by atoms with Gasteiger partial charge in [-0.15, -0.1) is 11.8 Å². The fourth-order valence-corrected chi connectivity index (χ4v) is 8.25. The summed E-state index contributed by atoms with van der Waals surface area (Å²) in [4.78, 5) is 13.6. The monoisotopic (exact) mass is 564 g/mol. The van der Waals surface area contributed by atoms with Crippen LogP contribution in [-0.4, -0.2) is 29.5 Å². The Morgan fingerprint density at radius 1 is 1.05 bits per heavy atom. The zero-order valence-electron chi connectivity index (χ0n) is 22.7. The first-order valence-corrected chi connectivity index (χ1v) is 15.0. The van der Waals surface area contributed by atoms with Crippen LogP contribution in [0.15, 0.2) is 77.7 Å². The van der Waals surface area contributed by atoms with E-state index in [4.69, 9.17) is 21.1 Å². The SMILES string of the molecule is COc1ccc(COC[C@H](C)C[C@H]2Cc3ccccc3C23CCC(Sc2cccc(Cl)c2)(C(=O)O)CC3)cc1. The first-order valence-electron chi connectivity index (χ1n) is 13.8. The molecule has 1 spiro atoms. The highest BCUT2D eigenvalue weighted by molar-refractivity contribution is 8.01. The number of thioether (sulfide) groups is 1. The summed E-state index contributed by atoms with van der Waals surface area (Å²) in [5.41, 5.74) is 4.03. The van der Waals surface area contributed by atoms with Crippen LogP contribution in [0.3, 0.4) is 0 Å². The zero-order chi connectivity index (χ0) is 27.5. The number of aliphatic carboxylic acids is 1. The lowest BCUT2D eigenvalue weighted by atomic mass is 9.61. The van der Waals surface area contributed by atoms with Gasteiger partial charge in [0.25, 0.3) is 0 Å². The molecule has 0 unspecified atom stereocenters. The van der Waals surface area contributed by atoms with Crippen LogP contribution in [0.1, 0.15) is 55.7 Å². The lowest BCUT2D eigenvalue weighted by Crippen LogP contribution is -2.46. The minimum atomic E-state index is -0.828. The summed E-state index contributed by atoms with van der Waals surface area (Å²) in [6.45, 7) is 3.58. The molecule has 206 valence electrons. The Labute approximate surface area is 241 Å². The largest absolute Gasteiger partial charge is 0.497 e. The van der Waals surface area contributed by atoms with Crippen LogP contribution >= 0.6 is 23.4 Å². The number of carboxylic acid groups (broad SMARTS) is 1. The van der Waals surface area contributed by atoms with E-state index in [0.717, 1.165) is 41.9 Å². The zero-order valence-corrected chi connectivity index (χ0v) is 24.3. The number of halogens is 1. The topological polar surface area (TPSA) is 55.8 Å². The fourth-order valence-electron chi connectivity index (χ4n) is 6.72. The molecule has 0 heterocycles. The number of hydrogen-bond donors (Lipinski definition) is 1. The van der Waals surface area contributed by atoms with Gasteiger partial charge < -0.3 is 14.6 Å². The molecule has 39 heavy (non-hydrogen) atoms. The third kappa shape index (κ3) is 6.01. The van der Waals surface area contributed by atoms with Gasteiger partial charge in [0.15, 0.2) is 0 Å². The van der Waals surface area contributed by atoms with Gasteiger partial charge in [-0.1, -0.05) is 61.0 Å². The molecule has 2 aliphatic rings. The van der Waals surface area contributed by atoms with Crippen molar-refractivity contribution in [2.75, 3.05) is 13.7 Å². The molecule has 0 aliphatic heterocycles. The summed E-state index contributed by atoms with van der Waals surface area (Å²) in [5, 5.41) is 11.0. The number of methoxy groups -OCH3 is 1. The number of ether oxygens (including phenoxy) is 2. The van der Waals surface area contributed by atoms with Crippen molar-refractivity contribution in [2.24, 2.45) is 11.8 Å². The second kappa shape index (κ2) is 12.0. The number of rotatable bonds is 10. The maximum Gasteiger partial charge on any atom is 0.320 e. The van der Waals surface area contributed by atoms with Crippen molar-refractivity contribution in [3.05, 3.63) is 94.5 Å². The molecule has 0 saturated heterocycles. The Kier molecular flexibility index (Phi) is 8.60. The molecular formula is C33H37ClO4S. The van der Waals surface area contributed by atoms with Crippen molar-refractivity contribution >= 4 is 29.3 Å². The number of fused-ring (bicyclic) bond motifs is 2. The average Bonchev–Trinajstić information content (AvgIpc) is 3.22. The van der Waals surface area contributed by atoms with Crippen LogP contribution in [0, 0.1) is 11.8 Å². The Hall–Kier alpha value is -2.47. The standard InChI is InChI=1S/C33H37ClO4S/c1-23(21-38-22-24-10-12-28(37-2)13-11-24)18-26-19-25-6-3-4-9-30(25)32(26)14-16-33(17-15-32,31(35)36)39-29-8-5-7-27(34)20-29/h3-13,20,23,26H,14-19,21-22H2,1-2H3,(H,35,36)/t23-,26+,32?,33?/m1/s1. The molecule has 1 fully saturated rings. The Morgan fingerprint density at radius 2 is 1.79 bits per heavy atom. The molecule has 5 rings (SSSR count). The van der Waals surface area contributed by atoms with Crippen molar-refractivity contribution < 1.29 is 19.4 Å². The van der Waals surface area contributed by atoms with Gasteiger partial charge in [0.2, 0.25) is 0 Å². The van der Waals surface area contributed by atoms with Gasteiger partial charge in [-0.25, -0.2) is 0 Å². The quantitative estimate of drug-likeness (QED) is 0.269. The second-order valence-electron chi connectivity index (χ2n) is 11.3. The molecule has 0 bridgehead atoms. The van der Waals surface area contributed by atoms with Crippen LogP contribution in [0.2, 0.25) is 5.02 Å². The van der Waals surface area contributed by atoms with Crippen molar-refractivity contribution in [1.82, 2.24) is 0 Å². The van der Waals surface area contributed by atoms with Gasteiger partial charge in [-0.05, 0) is 103 Å². The summed E-state index contributed by atoms with van der Waals surface area (Å²) in [7, 11) is 1.67. The van der Waals surface area contributed by atoms with E-state index in [1.807, 2.05) is 48.5 Å². The molecule has 3 aromatic carbocycles.